The molecule has 0 spiro atoms. The predicted molar refractivity (Wildman–Crippen MR) is 131 cm³/mol. The molecule has 33 heavy (non-hydrogen) atoms. The van der Waals surface area contributed by atoms with Gasteiger partial charge in [0.1, 0.15) is 16.1 Å². The number of carbonyl (C=O) groups is 2. The van der Waals surface area contributed by atoms with Gasteiger partial charge in [-0.15, -0.1) is 11.3 Å². The van der Waals surface area contributed by atoms with Gasteiger partial charge in [0.25, 0.3) is 11.8 Å². The third-order valence-corrected chi connectivity index (χ3v) is 6.80. The van der Waals surface area contributed by atoms with Crippen LogP contribution in [0.5, 0.6) is 0 Å². The molecule has 1 saturated heterocycles. The Morgan fingerprint density at radius 1 is 1.06 bits per heavy atom. The maximum absolute atomic E-state index is 13.2. The second kappa shape index (κ2) is 10.3. The Morgan fingerprint density at radius 3 is 2.45 bits per heavy atom. The first-order chi connectivity index (χ1) is 15.9. The summed E-state index contributed by atoms with van der Waals surface area (Å²) in [7, 11) is 0. The Morgan fingerprint density at radius 2 is 1.76 bits per heavy atom. The van der Waals surface area contributed by atoms with Crippen molar-refractivity contribution in [1.82, 2.24) is 19.8 Å². The van der Waals surface area contributed by atoms with Gasteiger partial charge in [-0.2, -0.15) is 0 Å². The molecule has 2 amide bonds. The van der Waals surface area contributed by atoms with E-state index in [0.29, 0.717) is 25.6 Å². The minimum Gasteiger partial charge on any atom is -0.352 e. The van der Waals surface area contributed by atoms with Crippen LogP contribution in [0.4, 0.5) is 0 Å². The number of aromatic nitrogens is 2. The minimum atomic E-state index is -0.508. The van der Waals surface area contributed by atoms with Crippen LogP contribution in [0, 0.1) is 5.92 Å². The number of hydrogen-bond donors (Lipinski definition) is 1. The summed E-state index contributed by atoms with van der Waals surface area (Å²) in [5.74, 6) is -0.463. The molecule has 0 aliphatic carbocycles. The summed E-state index contributed by atoms with van der Waals surface area (Å²) in [6, 6.07) is 7.79. The van der Waals surface area contributed by atoms with Gasteiger partial charge in [0.2, 0.25) is 5.43 Å². The lowest BCUT2D eigenvalue weighted by atomic mass is 10.1. The third kappa shape index (κ3) is 5.50. The van der Waals surface area contributed by atoms with Gasteiger partial charge in [-0.25, -0.2) is 4.98 Å². The van der Waals surface area contributed by atoms with Crippen LogP contribution in [0.3, 0.4) is 0 Å². The lowest BCUT2D eigenvalue weighted by Crippen LogP contribution is -2.38. The SMILES string of the molecule is CC(C)Cn1cc(C(=O)NCc2nc3ccccc3s2)c(=O)c(C(=O)N2CCCCCC2)c1. The van der Waals surface area contributed by atoms with E-state index >= 15 is 0 Å². The highest BCUT2D eigenvalue weighted by Crippen LogP contribution is 2.21. The molecule has 0 radical (unpaired) electrons. The van der Waals surface area contributed by atoms with Gasteiger partial charge >= 0.3 is 0 Å². The monoisotopic (exact) mass is 466 g/mol. The van der Waals surface area contributed by atoms with E-state index in [2.05, 4.69) is 24.1 Å². The van der Waals surface area contributed by atoms with Crippen LogP contribution < -0.4 is 10.7 Å². The second-order valence-corrected chi connectivity index (χ2v) is 10.1. The molecule has 2 aromatic heterocycles. The topological polar surface area (TPSA) is 84.3 Å². The molecule has 1 N–H and O–H groups in total. The number of rotatable bonds is 6. The average Bonchev–Trinajstić information content (AvgIpc) is 3.01. The van der Waals surface area contributed by atoms with Crippen molar-refractivity contribution in [3.05, 3.63) is 63.0 Å². The number of fused-ring (bicyclic) bond motifs is 1. The second-order valence-electron chi connectivity index (χ2n) is 8.97. The molecule has 3 aromatic rings. The molecule has 0 saturated carbocycles. The van der Waals surface area contributed by atoms with Crippen LogP contribution in [-0.2, 0) is 13.1 Å². The molecule has 1 fully saturated rings. The number of benzene rings is 1. The number of thiazole rings is 1. The summed E-state index contributed by atoms with van der Waals surface area (Å²) in [6.45, 7) is 6.25. The van der Waals surface area contributed by atoms with Crippen LogP contribution in [-0.4, -0.2) is 39.4 Å². The van der Waals surface area contributed by atoms with Crippen molar-refractivity contribution in [2.24, 2.45) is 5.92 Å². The summed E-state index contributed by atoms with van der Waals surface area (Å²) >= 11 is 1.51. The zero-order valence-electron chi connectivity index (χ0n) is 19.2. The van der Waals surface area contributed by atoms with E-state index < -0.39 is 11.3 Å². The van der Waals surface area contributed by atoms with E-state index in [-0.39, 0.29) is 23.6 Å². The van der Waals surface area contributed by atoms with Crippen LogP contribution in [0.2, 0.25) is 0 Å². The smallest absolute Gasteiger partial charge is 0.259 e. The van der Waals surface area contributed by atoms with Crippen LogP contribution in [0.1, 0.15) is 65.3 Å². The van der Waals surface area contributed by atoms with Crippen LogP contribution in [0.15, 0.2) is 41.5 Å². The predicted octanol–water partition coefficient (Wildman–Crippen LogP) is 4.06. The Bertz CT molecular complexity index is 1170. The lowest BCUT2D eigenvalue weighted by Gasteiger charge is -2.21. The third-order valence-electron chi connectivity index (χ3n) is 5.76. The highest BCUT2D eigenvalue weighted by atomic mass is 32.1. The molecular formula is C25H30N4O3S. The van der Waals surface area contributed by atoms with Gasteiger partial charge in [-0.05, 0) is 30.9 Å². The highest BCUT2D eigenvalue weighted by molar-refractivity contribution is 7.18. The quantitative estimate of drug-likeness (QED) is 0.594. The van der Waals surface area contributed by atoms with Crippen molar-refractivity contribution >= 4 is 33.4 Å². The fourth-order valence-corrected chi connectivity index (χ4v) is 5.07. The van der Waals surface area contributed by atoms with Crippen molar-refractivity contribution in [3.8, 4) is 0 Å². The zero-order chi connectivity index (χ0) is 23.4. The molecule has 8 heteroatoms. The molecule has 0 unspecified atom stereocenters. The first kappa shape index (κ1) is 23.2. The molecule has 4 rings (SSSR count). The van der Waals surface area contributed by atoms with E-state index in [1.165, 1.54) is 11.3 Å². The number of likely N-dealkylation sites (tertiary alicyclic amines) is 1. The van der Waals surface area contributed by atoms with E-state index in [9.17, 15) is 14.4 Å². The van der Waals surface area contributed by atoms with E-state index in [0.717, 1.165) is 40.9 Å². The number of para-hydroxylation sites is 1. The van der Waals surface area contributed by atoms with Gasteiger partial charge < -0.3 is 14.8 Å². The van der Waals surface area contributed by atoms with Gasteiger partial charge in [-0.1, -0.05) is 38.8 Å². The molecule has 1 aliphatic heterocycles. The number of nitrogens with one attached hydrogen (secondary N) is 1. The molecule has 7 nitrogen and oxygen atoms in total. The van der Waals surface area contributed by atoms with Gasteiger partial charge in [0, 0.05) is 32.0 Å². The van der Waals surface area contributed by atoms with Crippen molar-refractivity contribution in [1.29, 1.82) is 0 Å². The summed E-state index contributed by atoms with van der Waals surface area (Å²) in [6.07, 6.45) is 7.24. The van der Waals surface area contributed by atoms with Crippen molar-refractivity contribution in [2.75, 3.05) is 13.1 Å². The number of pyridine rings is 1. The molecule has 174 valence electrons. The van der Waals surface area contributed by atoms with Crippen LogP contribution in [0.25, 0.3) is 10.2 Å². The summed E-state index contributed by atoms with van der Waals surface area (Å²) in [5.41, 5.74) is 0.449. The maximum atomic E-state index is 13.2. The van der Waals surface area contributed by atoms with Gasteiger partial charge in [0.05, 0.1) is 16.8 Å². The summed E-state index contributed by atoms with van der Waals surface area (Å²) in [4.78, 5) is 45.8. The number of amides is 2. The number of nitrogens with zero attached hydrogens (tertiary/aromatic N) is 3. The Kier molecular flexibility index (Phi) is 7.23. The minimum absolute atomic E-state index is 0.00238. The van der Waals surface area contributed by atoms with Crippen LogP contribution >= 0.6 is 11.3 Å². The molecule has 1 aliphatic rings. The van der Waals surface area contributed by atoms with E-state index in [1.807, 2.05) is 24.3 Å². The van der Waals surface area contributed by atoms with Crippen molar-refractivity contribution in [3.63, 3.8) is 0 Å². The van der Waals surface area contributed by atoms with Gasteiger partial charge in [0.15, 0.2) is 0 Å². The van der Waals surface area contributed by atoms with E-state index in [1.54, 1.807) is 21.9 Å². The Labute approximate surface area is 197 Å². The zero-order valence-corrected chi connectivity index (χ0v) is 20.0. The number of hydrogen-bond acceptors (Lipinski definition) is 5. The van der Waals surface area contributed by atoms with E-state index in [4.69, 9.17) is 0 Å². The average molecular weight is 467 g/mol. The normalized spacial score (nSPS) is 14.5. The summed E-state index contributed by atoms with van der Waals surface area (Å²) < 4.78 is 2.84. The lowest BCUT2D eigenvalue weighted by molar-refractivity contribution is 0.0759. The standard InChI is InChI=1S/C25H30N4O3S/c1-17(2)14-28-15-18(23(30)19(16-28)25(32)29-11-7-3-4-8-12-29)24(31)26-13-22-27-20-9-5-6-10-21(20)33-22/h5-6,9-10,15-17H,3-4,7-8,11-14H2,1-2H3,(H,26,31). The highest BCUT2D eigenvalue weighted by Gasteiger charge is 2.24. The van der Waals surface area contributed by atoms with Crippen molar-refractivity contribution in [2.45, 2.75) is 52.6 Å². The molecule has 0 atom stereocenters. The fourth-order valence-electron chi connectivity index (χ4n) is 4.16. The first-order valence-electron chi connectivity index (χ1n) is 11.6. The Hall–Kier alpha value is -3.00. The van der Waals surface area contributed by atoms with Crippen molar-refractivity contribution < 1.29 is 9.59 Å². The summed E-state index contributed by atoms with van der Waals surface area (Å²) in [5, 5.41) is 3.59. The largest absolute Gasteiger partial charge is 0.352 e. The maximum Gasteiger partial charge on any atom is 0.259 e. The Balaban J connectivity index is 1.59. The molecule has 3 heterocycles. The molecule has 1 aromatic carbocycles. The molecule has 0 bridgehead atoms. The van der Waals surface area contributed by atoms with Gasteiger partial charge in [-0.3, -0.25) is 14.4 Å². The first-order valence-corrected chi connectivity index (χ1v) is 12.4. The fraction of sp³-hybridized carbons (Fsp3) is 0.440. The molecular weight excluding hydrogens is 436 g/mol. The number of carbonyl (C=O) groups excluding carboxylic acids is 2.